The number of hydrogen-bond acceptors (Lipinski definition) is 6. The van der Waals surface area contributed by atoms with E-state index in [9.17, 15) is 8.42 Å². The molecule has 3 N–H and O–H groups in total. The van der Waals surface area contributed by atoms with Crippen LogP contribution in [0.15, 0.2) is 33.1 Å². The molecule has 0 fully saturated rings. The Bertz CT molecular complexity index is 718. The molecule has 0 aliphatic rings. The molecule has 0 aliphatic carbocycles. The minimum absolute atomic E-state index is 0.0184. The summed E-state index contributed by atoms with van der Waals surface area (Å²) in [6.45, 7) is 0.259. The van der Waals surface area contributed by atoms with Crippen molar-refractivity contribution in [2.24, 2.45) is 0 Å². The van der Waals surface area contributed by atoms with Crippen LogP contribution in [0.25, 0.3) is 0 Å². The molecule has 0 amide bonds. The maximum absolute atomic E-state index is 12.3. The van der Waals surface area contributed by atoms with Crippen LogP contribution >= 0.6 is 27.3 Å². The van der Waals surface area contributed by atoms with E-state index in [1.807, 2.05) is 5.38 Å². The van der Waals surface area contributed by atoms with Gasteiger partial charge in [-0.15, -0.1) is 11.3 Å². The Kier molecular flexibility index (Phi) is 5.20. The lowest BCUT2D eigenvalue weighted by Crippen LogP contribution is -2.26. The van der Waals surface area contributed by atoms with E-state index in [1.165, 1.54) is 30.6 Å². The summed E-state index contributed by atoms with van der Waals surface area (Å²) in [4.78, 5) is 4.12. The van der Waals surface area contributed by atoms with Gasteiger partial charge in [0, 0.05) is 34.7 Å². The number of benzene rings is 1. The van der Waals surface area contributed by atoms with Crippen molar-refractivity contribution in [2.75, 3.05) is 19.4 Å². The predicted octanol–water partition coefficient (Wildman–Crippen LogP) is 2.02. The fourth-order valence-electron chi connectivity index (χ4n) is 1.67. The number of nitrogens with two attached hydrogens (primary N) is 1. The molecule has 0 saturated carbocycles. The van der Waals surface area contributed by atoms with Gasteiger partial charge in [-0.3, -0.25) is 0 Å². The van der Waals surface area contributed by atoms with E-state index >= 15 is 0 Å². The molecule has 2 aromatic rings. The Balaban J connectivity index is 2.17. The summed E-state index contributed by atoms with van der Waals surface area (Å²) >= 11 is 4.72. The molecule has 1 heterocycles. The van der Waals surface area contributed by atoms with Gasteiger partial charge in [0.2, 0.25) is 10.0 Å². The number of rotatable bonds is 6. The Morgan fingerprint density at radius 2 is 2.24 bits per heavy atom. The molecule has 0 bridgehead atoms. The largest absolute Gasteiger partial charge is 0.495 e. The smallest absolute Gasteiger partial charge is 0.244 e. The summed E-state index contributed by atoms with van der Waals surface area (Å²) in [5, 5.41) is 2.72. The topological polar surface area (TPSA) is 94.3 Å². The van der Waals surface area contributed by atoms with Gasteiger partial charge in [-0.25, -0.2) is 18.1 Å². The molecular formula is C12H14BrN3O3S2. The molecular weight excluding hydrogens is 378 g/mol. The Labute approximate surface area is 135 Å². The highest BCUT2D eigenvalue weighted by atomic mass is 79.9. The van der Waals surface area contributed by atoms with Gasteiger partial charge in [0.15, 0.2) is 0 Å². The minimum atomic E-state index is -3.69. The van der Waals surface area contributed by atoms with Gasteiger partial charge in [-0.05, 0) is 28.1 Å². The van der Waals surface area contributed by atoms with E-state index in [0.29, 0.717) is 16.6 Å². The second kappa shape index (κ2) is 6.73. The Morgan fingerprint density at radius 1 is 1.48 bits per heavy atom. The van der Waals surface area contributed by atoms with Crippen LogP contribution in [0.5, 0.6) is 5.75 Å². The van der Waals surface area contributed by atoms with Crippen molar-refractivity contribution < 1.29 is 13.2 Å². The van der Waals surface area contributed by atoms with E-state index in [0.717, 1.165) is 5.01 Å². The van der Waals surface area contributed by atoms with Gasteiger partial charge in [-0.2, -0.15) is 0 Å². The summed E-state index contributed by atoms with van der Waals surface area (Å²) in [7, 11) is -2.29. The number of ether oxygens (including phenoxy) is 1. The SMILES string of the molecule is COc1cc(Br)c(N)cc1S(=O)(=O)NCCc1nccs1. The van der Waals surface area contributed by atoms with E-state index in [1.54, 1.807) is 6.20 Å². The number of methoxy groups -OCH3 is 1. The number of nitrogens with zero attached hydrogens (tertiary/aromatic N) is 1. The predicted molar refractivity (Wildman–Crippen MR) is 86.1 cm³/mol. The van der Waals surface area contributed by atoms with Gasteiger partial charge in [0.1, 0.15) is 10.6 Å². The normalized spacial score (nSPS) is 11.5. The number of nitrogen functional groups attached to an aromatic ring is 1. The molecule has 2 rings (SSSR count). The first-order chi connectivity index (χ1) is 9.94. The lowest BCUT2D eigenvalue weighted by molar-refractivity contribution is 0.402. The number of hydrogen-bond donors (Lipinski definition) is 2. The van der Waals surface area contributed by atoms with Crippen LogP contribution < -0.4 is 15.2 Å². The maximum atomic E-state index is 12.3. The number of thiazole rings is 1. The molecule has 0 saturated heterocycles. The molecule has 0 unspecified atom stereocenters. The first kappa shape index (κ1) is 16.2. The van der Waals surface area contributed by atoms with E-state index in [2.05, 4.69) is 25.6 Å². The zero-order valence-corrected chi connectivity index (χ0v) is 14.4. The van der Waals surface area contributed by atoms with Gasteiger partial charge in [-0.1, -0.05) is 0 Å². The van der Waals surface area contributed by atoms with Gasteiger partial charge in [0.25, 0.3) is 0 Å². The highest BCUT2D eigenvalue weighted by molar-refractivity contribution is 9.10. The molecule has 0 radical (unpaired) electrons. The molecule has 114 valence electrons. The minimum Gasteiger partial charge on any atom is -0.495 e. The van der Waals surface area contributed by atoms with Crippen molar-refractivity contribution >= 4 is 43.0 Å². The summed E-state index contributed by atoms with van der Waals surface area (Å²) in [6, 6.07) is 2.90. The van der Waals surface area contributed by atoms with Crippen LogP contribution in [-0.2, 0) is 16.4 Å². The van der Waals surface area contributed by atoms with Gasteiger partial charge < -0.3 is 10.5 Å². The van der Waals surface area contributed by atoms with Crippen molar-refractivity contribution in [2.45, 2.75) is 11.3 Å². The summed E-state index contributed by atoms with van der Waals surface area (Å²) in [5.74, 6) is 0.234. The summed E-state index contributed by atoms with van der Waals surface area (Å²) < 4.78 is 32.9. The lowest BCUT2D eigenvalue weighted by Gasteiger charge is -2.12. The fourth-order valence-corrected chi connectivity index (χ4v) is 3.83. The van der Waals surface area contributed by atoms with E-state index in [-0.39, 0.29) is 17.2 Å². The van der Waals surface area contributed by atoms with Crippen molar-refractivity contribution in [1.29, 1.82) is 0 Å². The zero-order chi connectivity index (χ0) is 15.5. The summed E-state index contributed by atoms with van der Waals surface area (Å²) in [6.07, 6.45) is 2.22. The third-order valence-corrected chi connectivity index (χ3v) is 5.70. The monoisotopic (exact) mass is 391 g/mol. The molecule has 6 nitrogen and oxygen atoms in total. The zero-order valence-electron chi connectivity index (χ0n) is 11.2. The Hall–Kier alpha value is -1.16. The maximum Gasteiger partial charge on any atom is 0.244 e. The Morgan fingerprint density at radius 3 is 2.86 bits per heavy atom. The highest BCUT2D eigenvalue weighted by Gasteiger charge is 2.20. The van der Waals surface area contributed by atoms with Crippen LogP contribution in [0, 0.1) is 0 Å². The third kappa shape index (κ3) is 3.94. The van der Waals surface area contributed by atoms with E-state index in [4.69, 9.17) is 10.5 Å². The van der Waals surface area contributed by atoms with Crippen LogP contribution in [0.2, 0.25) is 0 Å². The van der Waals surface area contributed by atoms with Crippen LogP contribution in [0.4, 0.5) is 5.69 Å². The van der Waals surface area contributed by atoms with Crippen molar-refractivity contribution in [3.8, 4) is 5.75 Å². The number of halogens is 1. The number of anilines is 1. The number of sulfonamides is 1. The molecule has 0 aliphatic heterocycles. The molecule has 1 aromatic carbocycles. The van der Waals surface area contributed by atoms with Crippen LogP contribution in [-0.4, -0.2) is 27.1 Å². The standard InChI is InChI=1S/C12H14BrN3O3S2/c1-19-10-6-8(13)9(14)7-11(10)21(17,18)16-3-2-12-15-4-5-20-12/h4-7,16H,2-3,14H2,1H3. The van der Waals surface area contributed by atoms with Crippen molar-refractivity contribution in [1.82, 2.24) is 9.71 Å². The molecule has 0 spiro atoms. The van der Waals surface area contributed by atoms with E-state index < -0.39 is 10.0 Å². The molecule has 0 atom stereocenters. The second-order valence-corrected chi connectivity index (χ2v) is 7.67. The first-order valence-corrected chi connectivity index (χ1v) is 9.10. The average molecular weight is 392 g/mol. The quantitative estimate of drug-likeness (QED) is 0.734. The average Bonchev–Trinajstić information content (AvgIpc) is 2.94. The molecule has 21 heavy (non-hydrogen) atoms. The number of nitrogens with one attached hydrogen (secondary N) is 1. The van der Waals surface area contributed by atoms with Crippen molar-refractivity contribution in [3.63, 3.8) is 0 Å². The third-order valence-electron chi connectivity index (χ3n) is 2.69. The molecule has 9 heteroatoms. The summed E-state index contributed by atoms with van der Waals surface area (Å²) in [5.41, 5.74) is 6.07. The lowest BCUT2D eigenvalue weighted by atomic mass is 10.3. The number of aromatic nitrogens is 1. The van der Waals surface area contributed by atoms with Crippen LogP contribution in [0.3, 0.4) is 0 Å². The van der Waals surface area contributed by atoms with Crippen LogP contribution in [0.1, 0.15) is 5.01 Å². The second-order valence-electron chi connectivity index (χ2n) is 4.10. The highest BCUT2D eigenvalue weighted by Crippen LogP contribution is 2.32. The first-order valence-electron chi connectivity index (χ1n) is 5.95. The van der Waals surface area contributed by atoms with Crippen molar-refractivity contribution in [3.05, 3.63) is 33.2 Å². The van der Waals surface area contributed by atoms with Gasteiger partial charge >= 0.3 is 0 Å². The molecule has 1 aromatic heterocycles. The fraction of sp³-hybridized carbons (Fsp3) is 0.250. The van der Waals surface area contributed by atoms with Gasteiger partial charge in [0.05, 0.1) is 12.1 Å².